The second-order valence-electron chi connectivity index (χ2n) is 3.58. The van der Waals surface area contributed by atoms with Crippen LogP contribution >= 0.6 is 22.6 Å². The van der Waals surface area contributed by atoms with Crippen LogP contribution in [0.3, 0.4) is 0 Å². The summed E-state index contributed by atoms with van der Waals surface area (Å²) in [6.07, 6.45) is 0. The molecule has 0 fully saturated rings. The van der Waals surface area contributed by atoms with Crippen LogP contribution in [0.5, 0.6) is 11.5 Å². The van der Waals surface area contributed by atoms with Crippen LogP contribution in [0.1, 0.15) is 0 Å². The molecule has 17 heavy (non-hydrogen) atoms. The van der Waals surface area contributed by atoms with Crippen molar-refractivity contribution in [2.75, 3.05) is 14.2 Å². The number of methoxy groups -OCH3 is 2. The average molecular weight is 340 g/mol. The zero-order valence-electron chi connectivity index (χ0n) is 9.74. The number of hydrogen-bond donors (Lipinski definition) is 0. The maximum Gasteiger partial charge on any atom is 0.161 e. The fraction of sp³-hybridized carbons (Fsp3) is 0.143. The van der Waals surface area contributed by atoms with Crippen LogP contribution in [0, 0.1) is 3.57 Å². The lowest BCUT2D eigenvalue weighted by Gasteiger charge is -2.09. The third kappa shape index (κ3) is 2.72. The maximum atomic E-state index is 5.30. The summed E-state index contributed by atoms with van der Waals surface area (Å²) in [7, 11) is 3.29. The molecular weight excluding hydrogens is 327 g/mol. The predicted octanol–water partition coefficient (Wildman–Crippen LogP) is 3.98. The molecule has 0 aromatic heterocycles. The third-order valence-electron chi connectivity index (χ3n) is 2.56. The van der Waals surface area contributed by atoms with E-state index in [9.17, 15) is 0 Å². The number of rotatable bonds is 3. The summed E-state index contributed by atoms with van der Waals surface area (Å²) < 4.78 is 11.7. The highest BCUT2D eigenvalue weighted by Gasteiger charge is 2.05. The summed E-state index contributed by atoms with van der Waals surface area (Å²) in [5.41, 5.74) is 2.30. The van der Waals surface area contributed by atoms with Gasteiger partial charge in [-0.3, -0.25) is 0 Å². The standard InChI is InChI=1S/C14H13IO2/c1-16-13-8-5-11(9-14(13)17-2)10-3-6-12(15)7-4-10/h3-9H,1-2H3. The highest BCUT2D eigenvalue weighted by Crippen LogP contribution is 2.32. The van der Waals surface area contributed by atoms with E-state index in [-0.39, 0.29) is 0 Å². The van der Waals surface area contributed by atoms with Gasteiger partial charge in [0.1, 0.15) is 0 Å². The first-order chi connectivity index (χ1) is 8.24. The first kappa shape index (κ1) is 12.2. The van der Waals surface area contributed by atoms with Crippen molar-refractivity contribution in [3.8, 4) is 22.6 Å². The predicted molar refractivity (Wildman–Crippen MR) is 77.7 cm³/mol. The third-order valence-corrected chi connectivity index (χ3v) is 3.28. The van der Waals surface area contributed by atoms with Crippen LogP contribution in [0.15, 0.2) is 42.5 Å². The molecule has 2 aromatic carbocycles. The lowest BCUT2D eigenvalue weighted by Crippen LogP contribution is -1.90. The van der Waals surface area contributed by atoms with Crippen molar-refractivity contribution in [2.45, 2.75) is 0 Å². The van der Waals surface area contributed by atoms with Gasteiger partial charge in [0, 0.05) is 3.57 Å². The SMILES string of the molecule is COc1ccc(-c2ccc(I)cc2)cc1OC. The van der Waals surface area contributed by atoms with Crippen molar-refractivity contribution in [1.82, 2.24) is 0 Å². The monoisotopic (exact) mass is 340 g/mol. The summed E-state index contributed by atoms with van der Waals surface area (Å²) in [5.74, 6) is 1.50. The van der Waals surface area contributed by atoms with Crippen LogP contribution in [-0.2, 0) is 0 Å². The van der Waals surface area contributed by atoms with Crippen LogP contribution < -0.4 is 9.47 Å². The van der Waals surface area contributed by atoms with Gasteiger partial charge in [-0.1, -0.05) is 18.2 Å². The summed E-state index contributed by atoms with van der Waals surface area (Å²) in [5, 5.41) is 0. The molecule has 3 heteroatoms. The molecule has 0 amide bonds. The smallest absolute Gasteiger partial charge is 0.161 e. The van der Waals surface area contributed by atoms with Crippen LogP contribution in [0.2, 0.25) is 0 Å². The molecule has 2 rings (SSSR count). The minimum absolute atomic E-state index is 0.752. The van der Waals surface area contributed by atoms with Crippen LogP contribution in [-0.4, -0.2) is 14.2 Å². The van der Waals surface area contributed by atoms with Gasteiger partial charge >= 0.3 is 0 Å². The van der Waals surface area contributed by atoms with Gasteiger partial charge in [0.25, 0.3) is 0 Å². The van der Waals surface area contributed by atoms with E-state index in [0.29, 0.717) is 0 Å². The molecule has 0 aliphatic heterocycles. The fourth-order valence-electron chi connectivity index (χ4n) is 1.66. The van der Waals surface area contributed by atoms with Gasteiger partial charge in [-0.25, -0.2) is 0 Å². The van der Waals surface area contributed by atoms with Crippen molar-refractivity contribution in [3.63, 3.8) is 0 Å². The number of hydrogen-bond acceptors (Lipinski definition) is 2. The minimum Gasteiger partial charge on any atom is -0.493 e. The Morgan fingerprint density at radius 1 is 0.765 bits per heavy atom. The van der Waals surface area contributed by atoms with Gasteiger partial charge in [-0.05, 0) is 58.0 Å². The van der Waals surface area contributed by atoms with E-state index < -0.39 is 0 Å². The average Bonchev–Trinajstić information content (AvgIpc) is 2.39. The molecular formula is C14H13IO2. The first-order valence-corrected chi connectivity index (χ1v) is 6.30. The van der Waals surface area contributed by atoms with Gasteiger partial charge < -0.3 is 9.47 Å². The summed E-state index contributed by atoms with van der Waals surface area (Å²) in [4.78, 5) is 0. The molecule has 2 nitrogen and oxygen atoms in total. The van der Waals surface area contributed by atoms with Gasteiger partial charge in [0.2, 0.25) is 0 Å². The van der Waals surface area contributed by atoms with E-state index in [0.717, 1.165) is 17.1 Å². The van der Waals surface area contributed by atoms with E-state index in [2.05, 4.69) is 46.9 Å². The first-order valence-electron chi connectivity index (χ1n) is 5.22. The highest BCUT2D eigenvalue weighted by molar-refractivity contribution is 14.1. The fourth-order valence-corrected chi connectivity index (χ4v) is 2.02. The summed E-state index contributed by atoms with van der Waals surface area (Å²) >= 11 is 2.30. The quantitative estimate of drug-likeness (QED) is 0.787. The topological polar surface area (TPSA) is 18.5 Å². The van der Waals surface area contributed by atoms with E-state index in [1.165, 1.54) is 9.13 Å². The molecule has 0 N–H and O–H groups in total. The summed E-state index contributed by atoms with van der Waals surface area (Å²) in [6, 6.07) is 14.3. The molecule has 0 radical (unpaired) electrons. The lowest BCUT2D eigenvalue weighted by molar-refractivity contribution is 0.355. The second-order valence-corrected chi connectivity index (χ2v) is 4.82. The Morgan fingerprint density at radius 2 is 1.35 bits per heavy atom. The van der Waals surface area contributed by atoms with Crippen molar-refractivity contribution in [2.24, 2.45) is 0 Å². The molecule has 0 atom stereocenters. The zero-order valence-corrected chi connectivity index (χ0v) is 11.9. The molecule has 0 saturated heterocycles. The largest absolute Gasteiger partial charge is 0.493 e. The Hall–Kier alpha value is -1.23. The molecule has 0 heterocycles. The second kappa shape index (κ2) is 5.40. The molecule has 0 unspecified atom stereocenters. The Labute approximate surface area is 115 Å². The molecule has 0 bridgehead atoms. The van der Waals surface area contributed by atoms with E-state index in [1.54, 1.807) is 14.2 Å². The Bertz CT molecular complexity index is 506. The van der Waals surface area contributed by atoms with Gasteiger partial charge in [-0.2, -0.15) is 0 Å². The van der Waals surface area contributed by atoms with Gasteiger partial charge in [0.05, 0.1) is 14.2 Å². The molecule has 0 aliphatic rings. The number of benzene rings is 2. The van der Waals surface area contributed by atoms with Gasteiger partial charge in [-0.15, -0.1) is 0 Å². The molecule has 88 valence electrons. The highest BCUT2D eigenvalue weighted by atomic mass is 127. The van der Waals surface area contributed by atoms with Crippen molar-refractivity contribution >= 4 is 22.6 Å². The summed E-state index contributed by atoms with van der Waals surface area (Å²) in [6.45, 7) is 0. The Kier molecular flexibility index (Phi) is 3.89. The Morgan fingerprint density at radius 3 is 1.94 bits per heavy atom. The number of ether oxygens (including phenoxy) is 2. The van der Waals surface area contributed by atoms with Crippen molar-refractivity contribution < 1.29 is 9.47 Å². The van der Waals surface area contributed by atoms with E-state index >= 15 is 0 Å². The molecule has 0 spiro atoms. The van der Waals surface area contributed by atoms with Crippen molar-refractivity contribution in [1.29, 1.82) is 0 Å². The molecule has 0 aliphatic carbocycles. The van der Waals surface area contributed by atoms with Gasteiger partial charge in [0.15, 0.2) is 11.5 Å². The van der Waals surface area contributed by atoms with Crippen molar-refractivity contribution in [3.05, 3.63) is 46.0 Å². The normalized spacial score (nSPS) is 10.1. The zero-order chi connectivity index (χ0) is 12.3. The lowest BCUT2D eigenvalue weighted by atomic mass is 10.1. The molecule has 2 aromatic rings. The number of halogens is 1. The molecule has 0 saturated carbocycles. The Balaban J connectivity index is 2.42. The van der Waals surface area contributed by atoms with Crippen LogP contribution in [0.25, 0.3) is 11.1 Å². The van der Waals surface area contributed by atoms with E-state index in [4.69, 9.17) is 9.47 Å². The maximum absolute atomic E-state index is 5.30. The van der Waals surface area contributed by atoms with Crippen LogP contribution in [0.4, 0.5) is 0 Å². The minimum atomic E-state index is 0.752. The van der Waals surface area contributed by atoms with E-state index in [1.807, 2.05) is 18.2 Å².